The molecule has 2 aromatic carbocycles. The Morgan fingerprint density at radius 1 is 0.968 bits per heavy atom. The van der Waals surface area contributed by atoms with Crippen molar-refractivity contribution in [2.24, 2.45) is 0 Å². The Morgan fingerprint density at radius 3 is 2.52 bits per heavy atom. The van der Waals surface area contributed by atoms with E-state index in [0.717, 1.165) is 33.1 Å². The first-order valence-corrected chi connectivity index (χ1v) is 11.9. The standard InChI is InChI=1S/C23H21N3O3S2/c1-15-11-21(29-3)22(12-16(15)2)31(27,28)26-18-8-6-7-17(13-18)20-14-30-23(25-20)19-9-4-5-10-24-19/h4-14,26H,1-3H3. The fraction of sp³-hybridized carbons (Fsp3) is 0.130. The fourth-order valence-electron chi connectivity index (χ4n) is 3.10. The van der Waals surface area contributed by atoms with Crippen molar-refractivity contribution in [2.45, 2.75) is 18.7 Å². The summed E-state index contributed by atoms with van der Waals surface area (Å²) >= 11 is 1.49. The van der Waals surface area contributed by atoms with Gasteiger partial charge in [-0.05, 0) is 61.4 Å². The Hall–Kier alpha value is -3.23. The molecule has 0 saturated carbocycles. The van der Waals surface area contributed by atoms with Crippen molar-refractivity contribution in [1.82, 2.24) is 9.97 Å². The van der Waals surface area contributed by atoms with Crippen LogP contribution in [-0.2, 0) is 10.0 Å². The molecule has 2 heterocycles. The molecule has 0 aliphatic carbocycles. The second-order valence-electron chi connectivity index (χ2n) is 7.03. The van der Waals surface area contributed by atoms with Crippen molar-refractivity contribution < 1.29 is 13.2 Å². The number of benzene rings is 2. The molecule has 4 aromatic rings. The Labute approximate surface area is 185 Å². The van der Waals surface area contributed by atoms with Gasteiger partial charge in [-0.15, -0.1) is 11.3 Å². The Kier molecular flexibility index (Phi) is 5.75. The van der Waals surface area contributed by atoms with E-state index in [0.29, 0.717) is 11.4 Å². The summed E-state index contributed by atoms with van der Waals surface area (Å²) < 4.78 is 34.1. The van der Waals surface area contributed by atoms with Crippen molar-refractivity contribution in [3.8, 4) is 27.7 Å². The minimum Gasteiger partial charge on any atom is -0.495 e. The summed E-state index contributed by atoms with van der Waals surface area (Å²) in [7, 11) is -2.37. The second-order valence-corrected chi connectivity index (χ2v) is 9.54. The minimum absolute atomic E-state index is 0.106. The molecule has 0 atom stereocenters. The van der Waals surface area contributed by atoms with Crippen LogP contribution in [-0.4, -0.2) is 25.5 Å². The van der Waals surface area contributed by atoms with Gasteiger partial charge in [-0.25, -0.2) is 13.4 Å². The van der Waals surface area contributed by atoms with Gasteiger partial charge < -0.3 is 4.74 Å². The largest absolute Gasteiger partial charge is 0.495 e. The number of aromatic nitrogens is 2. The lowest BCUT2D eigenvalue weighted by Gasteiger charge is -2.14. The summed E-state index contributed by atoms with van der Waals surface area (Å²) in [5.74, 6) is 0.311. The van der Waals surface area contributed by atoms with Crippen LogP contribution >= 0.6 is 11.3 Å². The molecule has 0 unspecified atom stereocenters. The summed E-state index contributed by atoms with van der Waals surface area (Å²) in [4.78, 5) is 9.09. The van der Waals surface area contributed by atoms with Gasteiger partial charge in [0, 0.05) is 22.8 Å². The van der Waals surface area contributed by atoms with E-state index in [1.807, 2.05) is 43.5 Å². The topological polar surface area (TPSA) is 81.2 Å². The van der Waals surface area contributed by atoms with Crippen LogP contribution in [0, 0.1) is 13.8 Å². The summed E-state index contributed by atoms with van der Waals surface area (Å²) in [6.45, 7) is 3.79. The predicted octanol–water partition coefficient (Wildman–Crippen LogP) is 5.30. The van der Waals surface area contributed by atoms with Crippen LogP contribution in [0.4, 0.5) is 5.69 Å². The van der Waals surface area contributed by atoms with Crippen molar-refractivity contribution in [3.05, 3.63) is 77.3 Å². The lowest BCUT2D eigenvalue weighted by atomic mass is 10.1. The van der Waals surface area contributed by atoms with E-state index in [4.69, 9.17) is 4.74 Å². The van der Waals surface area contributed by atoms with Gasteiger partial charge in [0.05, 0.1) is 18.5 Å². The number of hydrogen-bond acceptors (Lipinski definition) is 6. The van der Waals surface area contributed by atoms with Gasteiger partial charge in [0.2, 0.25) is 0 Å². The number of pyridine rings is 1. The number of rotatable bonds is 6. The van der Waals surface area contributed by atoms with Gasteiger partial charge in [0.25, 0.3) is 10.0 Å². The maximum atomic E-state index is 13.1. The van der Waals surface area contributed by atoms with E-state index in [1.165, 1.54) is 18.4 Å². The second kappa shape index (κ2) is 8.49. The van der Waals surface area contributed by atoms with Gasteiger partial charge in [-0.2, -0.15) is 0 Å². The molecular weight excluding hydrogens is 430 g/mol. The first kappa shape index (κ1) is 21.0. The third kappa shape index (κ3) is 4.45. The number of aryl methyl sites for hydroxylation is 2. The fourth-order valence-corrected chi connectivity index (χ4v) is 5.19. The first-order chi connectivity index (χ1) is 14.9. The quantitative estimate of drug-likeness (QED) is 0.430. The van der Waals surface area contributed by atoms with E-state index < -0.39 is 10.0 Å². The molecule has 6 nitrogen and oxygen atoms in total. The van der Waals surface area contributed by atoms with Gasteiger partial charge in [-0.1, -0.05) is 18.2 Å². The van der Waals surface area contributed by atoms with Crippen LogP contribution in [0.15, 0.2) is 71.1 Å². The number of sulfonamides is 1. The molecule has 0 aliphatic heterocycles. The maximum Gasteiger partial charge on any atom is 0.265 e. The van der Waals surface area contributed by atoms with E-state index in [9.17, 15) is 8.42 Å². The number of nitrogens with zero attached hydrogens (tertiary/aromatic N) is 2. The van der Waals surface area contributed by atoms with Crippen molar-refractivity contribution in [3.63, 3.8) is 0 Å². The number of anilines is 1. The van der Waals surface area contributed by atoms with Crippen LogP contribution in [0.2, 0.25) is 0 Å². The van der Waals surface area contributed by atoms with Gasteiger partial charge in [0.1, 0.15) is 15.7 Å². The Bertz CT molecular complexity index is 1330. The molecule has 8 heteroatoms. The molecule has 158 valence electrons. The summed E-state index contributed by atoms with van der Waals surface area (Å²) in [5.41, 5.74) is 4.66. The van der Waals surface area contributed by atoms with Crippen LogP contribution in [0.5, 0.6) is 5.75 Å². The first-order valence-electron chi connectivity index (χ1n) is 9.53. The zero-order chi connectivity index (χ0) is 22.0. The summed E-state index contributed by atoms with van der Waals surface area (Å²) in [6.07, 6.45) is 1.73. The highest BCUT2D eigenvalue weighted by molar-refractivity contribution is 7.92. The van der Waals surface area contributed by atoms with Crippen molar-refractivity contribution in [1.29, 1.82) is 0 Å². The Balaban J connectivity index is 1.64. The number of hydrogen-bond donors (Lipinski definition) is 1. The van der Waals surface area contributed by atoms with Gasteiger partial charge >= 0.3 is 0 Å². The van der Waals surface area contributed by atoms with Crippen LogP contribution in [0.1, 0.15) is 11.1 Å². The molecule has 1 N–H and O–H groups in total. The third-order valence-corrected chi connectivity index (χ3v) is 7.14. The highest BCUT2D eigenvalue weighted by Crippen LogP contribution is 2.31. The van der Waals surface area contributed by atoms with Crippen molar-refractivity contribution >= 4 is 27.0 Å². The normalized spacial score (nSPS) is 11.3. The smallest absolute Gasteiger partial charge is 0.265 e. The zero-order valence-electron chi connectivity index (χ0n) is 17.3. The minimum atomic E-state index is -3.83. The van der Waals surface area contributed by atoms with E-state index >= 15 is 0 Å². The average Bonchev–Trinajstić information content (AvgIpc) is 3.26. The van der Waals surface area contributed by atoms with Crippen LogP contribution in [0.3, 0.4) is 0 Å². The SMILES string of the molecule is COc1cc(C)c(C)cc1S(=O)(=O)Nc1cccc(-c2csc(-c3ccccn3)n2)c1. The lowest BCUT2D eigenvalue weighted by molar-refractivity contribution is 0.402. The molecule has 0 amide bonds. The molecule has 0 bridgehead atoms. The average molecular weight is 452 g/mol. The molecule has 0 aliphatic rings. The van der Waals surface area contributed by atoms with E-state index in [1.54, 1.807) is 36.5 Å². The molecule has 0 radical (unpaired) electrons. The number of ether oxygens (including phenoxy) is 1. The summed E-state index contributed by atoms with van der Waals surface area (Å²) in [5, 5.41) is 2.74. The van der Waals surface area contributed by atoms with Gasteiger partial charge in [-0.3, -0.25) is 9.71 Å². The Morgan fingerprint density at radius 2 is 1.77 bits per heavy atom. The molecular formula is C23H21N3O3S2. The monoisotopic (exact) mass is 451 g/mol. The zero-order valence-corrected chi connectivity index (χ0v) is 18.9. The van der Waals surface area contributed by atoms with Crippen LogP contribution < -0.4 is 9.46 Å². The maximum absolute atomic E-state index is 13.1. The molecule has 4 rings (SSSR count). The number of methoxy groups -OCH3 is 1. The summed E-state index contributed by atoms with van der Waals surface area (Å²) in [6, 6.07) is 16.2. The molecule has 2 aromatic heterocycles. The van der Waals surface area contributed by atoms with Crippen molar-refractivity contribution in [2.75, 3.05) is 11.8 Å². The van der Waals surface area contributed by atoms with E-state index in [2.05, 4.69) is 14.7 Å². The number of thiazole rings is 1. The third-order valence-electron chi connectivity index (χ3n) is 4.87. The molecule has 0 spiro atoms. The van der Waals surface area contributed by atoms with Gasteiger partial charge in [0.15, 0.2) is 0 Å². The van der Waals surface area contributed by atoms with E-state index in [-0.39, 0.29) is 4.90 Å². The highest BCUT2D eigenvalue weighted by Gasteiger charge is 2.21. The lowest BCUT2D eigenvalue weighted by Crippen LogP contribution is -2.14. The molecule has 0 saturated heterocycles. The molecule has 0 fully saturated rings. The predicted molar refractivity (Wildman–Crippen MR) is 124 cm³/mol. The van der Waals surface area contributed by atoms with Crippen LogP contribution in [0.25, 0.3) is 22.0 Å². The molecule has 31 heavy (non-hydrogen) atoms. The highest BCUT2D eigenvalue weighted by atomic mass is 32.2. The number of nitrogens with one attached hydrogen (secondary N) is 1.